The number of hydrogen-bond acceptors (Lipinski definition) is 8. The number of nitrogens with zero attached hydrogens (tertiary/aromatic N) is 8. The quantitative estimate of drug-likeness (QED) is 0.348. The first kappa shape index (κ1) is 21.7. The predicted octanol–water partition coefficient (Wildman–Crippen LogP) is 4.91. The van der Waals surface area contributed by atoms with Crippen LogP contribution in [0.1, 0.15) is 26.3 Å². The first-order valence-electron chi connectivity index (χ1n) is 10.5. The molecule has 0 bridgehead atoms. The van der Waals surface area contributed by atoms with Gasteiger partial charge in [0.25, 0.3) is 0 Å². The Balaban J connectivity index is 1.51. The molecule has 0 atom stereocenters. The van der Waals surface area contributed by atoms with Crippen LogP contribution in [0, 0.1) is 0 Å². The number of H-pyrrole nitrogens is 1. The lowest BCUT2D eigenvalue weighted by atomic mass is 10.1. The Morgan fingerprint density at radius 1 is 1.09 bits per heavy atom. The molecule has 0 saturated heterocycles. The minimum atomic E-state index is -0.269. The van der Waals surface area contributed by atoms with Crippen molar-refractivity contribution in [3.8, 4) is 11.4 Å². The lowest BCUT2D eigenvalue weighted by Crippen LogP contribution is -2.24. The van der Waals surface area contributed by atoms with Crippen molar-refractivity contribution in [1.29, 1.82) is 0 Å². The van der Waals surface area contributed by atoms with Gasteiger partial charge in [-0.3, -0.25) is 5.10 Å². The fourth-order valence-corrected chi connectivity index (χ4v) is 3.48. The molecule has 0 spiro atoms. The molecule has 2 aromatic carbocycles. The molecule has 0 radical (unpaired) electrons. The molecule has 0 aliphatic rings. The van der Waals surface area contributed by atoms with Crippen LogP contribution in [0.4, 0.5) is 17.3 Å². The SMILES string of the molecule is CC(C)(C)n1nnc(-c2ccccc2/C=N\c2n[nH]c3ncnc(Nc4cccc(Cl)c4)c23)n1. The van der Waals surface area contributed by atoms with Crippen LogP contribution in [0.15, 0.2) is 59.9 Å². The first-order chi connectivity index (χ1) is 16.4. The van der Waals surface area contributed by atoms with Gasteiger partial charge in [-0.05, 0) is 44.2 Å². The molecule has 10 nitrogen and oxygen atoms in total. The Morgan fingerprint density at radius 2 is 1.94 bits per heavy atom. The fourth-order valence-electron chi connectivity index (χ4n) is 3.29. The summed E-state index contributed by atoms with van der Waals surface area (Å²) in [6, 6.07) is 15.1. The Kier molecular flexibility index (Phi) is 5.50. The van der Waals surface area contributed by atoms with Gasteiger partial charge < -0.3 is 5.32 Å². The number of tetrazole rings is 1. The number of hydrogen-bond donors (Lipinski definition) is 2. The maximum absolute atomic E-state index is 6.12. The Hall–Kier alpha value is -4.18. The summed E-state index contributed by atoms with van der Waals surface area (Å²) in [5.41, 5.74) is 2.73. The van der Waals surface area contributed by atoms with Gasteiger partial charge in [0.1, 0.15) is 17.5 Å². The normalized spacial score (nSPS) is 12.0. The highest BCUT2D eigenvalue weighted by molar-refractivity contribution is 6.30. The molecule has 5 aromatic rings. The summed E-state index contributed by atoms with van der Waals surface area (Å²) in [6.45, 7) is 6.06. The molecule has 0 fully saturated rings. The highest BCUT2D eigenvalue weighted by Crippen LogP contribution is 2.30. The molecule has 170 valence electrons. The van der Waals surface area contributed by atoms with Crippen LogP contribution in [0.3, 0.4) is 0 Å². The molecular weight excluding hydrogens is 452 g/mol. The minimum Gasteiger partial charge on any atom is -0.339 e. The zero-order chi connectivity index (χ0) is 23.7. The van der Waals surface area contributed by atoms with Gasteiger partial charge in [-0.15, -0.1) is 10.2 Å². The van der Waals surface area contributed by atoms with Crippen LogP contribution >= 0.6 is 11.6 Å². The van der Waals surface area contributed by atoms with Crippen LogP contribution in [0.2, 0.25) is 5.02 Å². The third-order valence-electron chi connectivity index (χ3n) is 4.97. The van der Waals surface area contributed by atoms with E-state index in [0.29, 0.717) is 33.5 Å². The van der Waals surface area contributed by atoms with E-state index >= 15 is 0 Å². The van der Waals surface area contributed by atoms with E-state index in [1.165, 1.54) is 6.33 Å². The highest BCUT2D eigenvalue weighted by Gasteiger charge is 2.19. The van der Waals surface area contributed by atoms with E-state index in [4.69, 9.17) is 11.6 Å². The molecule has 2 N–H and O–H groups in total. The van der Waals surface area contributed by atoms with Crippen molar-refractivity contribution in [3.63, 3.8) is 0 Å². The van der Waals surface area contributed by atoms with Crippen LogP contribution in [0.25, 0.3) is 22.4 Å². The number of benzene rings is 2. The summed E-state index contributed by atoms with van der Waals surface area (Å²) in [5, 5.41) is 24.8. The smallest absolute Gasteiger partial charge is 0.205 e. The van der Waals surface area contributed by atoms with Crippen molar-refractivity contribution in [2.45, 2.75) is 26.3 Å². The van der Waals surface area contributed by atoms with Gasteiger partial charge in [-0.2, -0.15) is 9.90 Å². The summed E-state index contributed by atoms with van der Waals surface area (Å²) in [6.07, 6.45) is 3.18. The van der Waals surface area contributed by atoms with Gasteiger partial charge in [-0.25, -0.2) is 15.0 Å². The predicted molar refractivity (Wildman–Crippen MR) is 132 cm³/mol. The maximum Gasteiger partial charge on any atom is 0.205 e. The van der Waals surface area contributed by atoms with Crippen LogP contribution < -0.4 is 5.32 Å². The van der Waals surface area contributed by atoms with Gasteiger partial charge >= 0.3 is 0 Å². The van der Waals surface area contributed by atoms with E-state index in [1.54, 1.807) is 11.0 Å². The van der Waals surface area contributed by atoms with Gasteiger partial charge in [0.05, 0.1) is 5.54 Å². The molecule has 3 heterocycles. The number of anilines is 2. The molecule has 0 aliphatic carbocycles. The maximum atomic E-state index is 6.12. The molecule has 5 rings (SSSR count). The molecule has 34 heavy (non-hydrogen) atoms. The molecule has 0 aliphatic heterocycles. The average Bonchev–Trinajstić information content (AvgIpc) is 3.46. The standard InChI is InChI=1S/C23H21ClN10/c1-23(2,3)34-32-19(31-33-34)17-10-5-4-7-14(17)12-25-21-18-20(26-13-27-22(18)30-29-21)28-16-9-6-8-15(24)11-16/h4-13H,1-3H3,(H2,26,27,28,29,30)/b25-12-. The highest BCUT2D eigenvalue weighted by atomic mass is 35.5. The van der Waals surface area contributed by atoms with Crippen molar-refractivity contribution in [2.24, 2.45) is 4.99 Å². The molecule has 0 saturated carbocycles. The number of rotatable bonds is 5. The number of nitrogens with one attached hydrogen (secondary N) is 2. The van der Waals surface area contributed by atoms with Crippen molar-refractivity contribution < 1.29 is 0 Å². The average molecular weight is 473 g/mol. The lowest BCUT2D eigenvalue weighted by Gasteiger charge is -2.15. The van der Waals surface area contributed by atoms with E-state index < -0.39 is 0 Å². The van der Waals surface area contributed by atoms with E-state index in [2.05, 4.69) is 45.9 Å². The number of fused-ring (bicyclic) bond motifs is 1. The Bertz CT molecular complexity index is 1500. The summed E-state index contributed by atoms with van der Waals surface area (Å²) in [5.74, 6) is 1.54. The zero-order valence-electron chi connectivity index (χ0n) is 18.7. The number of aromatic nitrogens is 8. The van der Waals surface area contributed by atoms with Crippen LogP contribution in [-0.4, -0.2) is 46.6 Å². The van der Waals surface area contributed by atoms with Gasteiger partial charge in [0, 0.05) is 28.1 Å². The molecular formula is C23H21ClN10. The monoisotopic (exact) mass is 472 g/mol. The largest absolute Gasteiger partial charge is 0.339 e. The summed E-state index contributed by atoms with van der Waals surface area (Å²) < 4.78 is 0. The van der Waals surface area contributed by atoms with Crippen molar-refractivity contribution in [3.05, 3.63) is 65.4 Å². The second-order valence-corrected chi connectivity index (χ2v) is 8.98. The van der Waals surface area contributed by atoms with Crippen molar-refractivity contribution in [1.82, 2.24) is 40.4 Å². The summed E-state index contributed by atoms with van der Waals surface area (Å²) >= 11 is 6.12. The van der Waals surface area contributed by atoms with Crippen molar-refractivity contribution >= 4 is 46.2 Å². The third-order valence-corrected chi connectivity index (χ3v) is 5.20. The molecule has 11 heteroatoms. The zero-order valence-corrected chi connectivity index (χ0v) is 19.5. The van der Waals surface area contributed by atoms with Crippen LogP contribution in [-0.2, 0) is 5.54 Å². The molecule has 0 amide bonds. The minimum absolute atomic E-state index is 0.269. The second kappa shape index (κ2) is 8.64. The second-order valence-electron chi connectivity index (χ2n) is 8.55. The number of halogens is 1. The van der Waals surface area contributed by atoms with E-state index in [9.17, 15) is 0 Å². The summed E-state index contributed by atoms with van der Waals surface area (Å²) in [7, 11) is 0. The van der Waals surface area contributed by atoms with E-state index in [0.717, 1.165) is 16.8 Å². The number of aromatic amines is 1. The van der Waals surface area contributed by atoms with Gasteiger partial charge in [-0.1, -0.05) is 41.9 Å². The summed E-state index contributed by atoms with van der Waals surface area (Å²) in [4.78, 5) is 14.9. The molecule has 0 unspecified atom stereocenters. The number of aliphatic imine (C=N–C) groups is 1. The lowest BCUT2D eigenvalue weighted by molar-refractivity contribution is 0.306. The van der Waals surface area contributed by atoms with Crippen molar-refractivity contribution in [2.75, 3.05) is 5.32 Å². The topological polar surface area (TPSA) is 122 Å². The fraction of sp³-hybridized carbons (Fsp3) is 0.174. The van der Waals surface area contributed by atoms with E-state index in [-0.39, 0.29) is 5.54 Å². The van der Waals surface area contributed by atoms with Gasteiger partial charge in [0.15, 0.2) is 11.5 Å². The third kappa shape index (κ3) is 4.35. The van der Waals surface area contributed by atoms with E-state index in [1.807, 2.05) is 69.3 Å². The van der Waals surface area contributed by atoms with Crippen LogP contribution in [0.5, 0.6) is 0 Å². The Labute approximate surface area is 200 Å². The first-order valence-corrected chi connectivity index (χ1v) is 10.9. The van der Waals surface area contributed by atoms with Gasteiger partial charge in [0.2, 0.25) is 5.82 Å². The Morgan fingerprint density at radius 3 is 2.74 bits per heavy atom. The molecule has 3 aromatic heterocycles.